The van der Waals surface area contributed by atoms with Crippen LogP contribution in [-0.4, -0.2) is 101 Å². The summed E-state index contributed by atoms with van der Waals surface area (Å²) in [6.45, 7) is 4.55. The molecule has 0 aliphatic carbocycles. The number of hydrogen-bond acceptors (Lipinski definition) is 11. The number of carbonyl (C=O) groups is 4. The van der Waals surface area contributed by atoms with Crippen LogP contribution >= 0.6 is 11.6 Å². The van der Waals surface area contributed by atoms with Gasteiger partial charge in [-0.2, -0.15) is 0 Å². The number of aromatic nitrogens is 2. The van der Waals surface area contributed by atoms with Crippen LogP contribution < -0.4 is 20.1 Å². The van der Waals surface area contributed by atoms with Gasteiger partial charge in [-0.15, -0.1) is 0 Å². The minimum atomic E-state index is -1.15. The van der Waals surface area contributed by atoms with Crippen molar-refractivity contribution in [1.29, 1.82) is 0 Å². The van der Waals surface area contributed by atoms with E-state index in [4.69, 9.17) is 21.1 Å². The third-order valence-electron chi connectivity index (χ3n) is 9.40. The van der Waals surface area contributed by atoms with Crippen molar-refractivity contribution in [3.63, 3.8) is 0 Å². The number of piperidine rings is 1. The molecule has 1 aromatic heterocycles. The molecule has 2 saturated heterocycles. The van der Waals surface area contributed by atoms with E-state index >= 15 is 4.39 Å². The molecule has 3 aliphatic heterocycles. The minimum absolute atomic E-state index is 0.00301. The molecule has 3 aromatic carbocycles. The quantitative estimate of drug-likeness (QED) is 0.168. The monoisotopic (exact) mass is 733 g/mol. The van der Waals surface area contributed by atoms with Crippen LogP contribution in [0.5, 0.6) is 11.5 Å². The number of carbonyl (C=O) groups excluding carboxylic acids is 4. The van der Waals surface area contributed by atoms with Crippen molar-refractivity contribution in [2.75, 3.05) is 51.8 Å². The molecule has 4 heterocycles. The first-order valence-corrected chi connectivity index (χ1v) is 17.1. The van der Waals surface area contributed by atoms with Crippen molar-refractivity contribution < 1.29 is 37.4 Å². The number of piperazine rings is 1. The maximum Gasteiger partial charge on any atom is 0.265 e. The first-order valence-electron chi connectivity index (χ1n) is 16.8. The Morgan fingerprint density at radius 2 is 1.73 bits per heavy atom. The van der Waals surface area contributed by atoms with Gasteiger partial charge >= 0.3 is 0 Å². The lowest BCUT2D eigenvalue weighted by molar-refractivity contribution is -0.136. The van der Waals surface area contributed by atoms with Gasteiger partial charge in [0.25, 0.3) is 11.8 Å². The Morgan fingerprint density at radius 3 is 2.48 bits per heavy atom. The largest absolute Gasteiger partial charge is 0.493 e. The van der Waals surface area contributed by atoms with Gasteiger partial charge < -0.3 is 19.7 Å². The Balaban J connectivity index is 0.919. The van der Waals surface area contributed by atoms with Crippen molar-refractivity contribution in [2.24, 2.45) is 0 Å². The lowest BCUT2D eigenvalue weighted by atomic mass is 10.0. The third kappa shape index (κ3) is 7.11. The second kappa shape index (κ2) is 14.8. The maximum atomic E-state index is 15.2. The zero-order valence-corrected chi connectivity index (χ0v) is 28.8. The molecule has 13 nitrogen and oxygen atoms in total. The SMILES string of the molecule is COc1cc2ncnc(Nc3ccc(F)c(Cl)c3)c2cc1OCCCN1CCN(Cc2cc(F)c3c(c2)C(=O)N(C2CCC(=O)NC2=O)C3=O)CC1. The average molecular weight is 734 g/mol. The van der Waals surface area contributed by atoms with Crippen LogP contribution in [0.2, 0.25) is 5.02 Å². The van der Waals surface area contributed by atoms with E-state index in [2.05, 4.69) is 30.4 Å². The zero-order chi connectivity index (χ0) is 36.5. The molecule has 0 saturated carbocycles. The highest BCUT2D eigenvalue weighted by Gasteiger charge is 2.46. The van der Waals surface area contributed by atoms with Gasteiger partial charge in [-0.05, 0) is 54.8 Å². The van der Waals surface area contributed by atoms with Crippen molar-refractivity contribution in [2.45, 2.75) is 31.8 Å². The summed E-state index contributed by atoms with van der Waals surface area (Å²) in [6, 6.07) is 9.53. The van der Waals surface area contributed by atoms with Gasteiger partial charge in [-0.25, -0.2) is 18.7 Å². The third-order valence-corrected chi connectivity index (χ3v) is 9.69. The van der Waals surface area contributed by atoms with E-state index in [1.165, 1.54) is 30.6 Å². The van der Waals surface area contributed by atoms with Crippen LogP contribution in [0, 0.1) is 11.6 Å². The molecule has 4 amide bonds. The highest BCUT2D eigenvalue weighted by Crippen LogP contribution is 2.35. The van der Waals surface area contributed by atoms with Gasteiger partial charge in [0.15, 0.2) is 11.5 Å². The molecular formula is C36H34ClF2N7O6. The molecule has 1 unspecified atom stereocenters. The number of methoxy groups -OCH3 is 1. The van der Waals surface area contributed by atoms with Crippen LogP contribution in [-0.2, 0) is 16.1 Å². The molecule has 2 fully saturated rings. The summed E-state index contributed by atoms with van der Waals surface area (Å²) in [5.74, 6) is -2.59. The molecule has 7 rings (SSSR count). The number of fused-ring (bicyclic) bond motifs is 2. The molecule has 2 N–H and O–H groups in total. The summed E-state index contributed by atoms with van der Waals surface area (Å²) >= 11 is 5.95. The molecule has 16 heteroatoms. The fourth-order valence-corrected chi connectivity index (χ4v) is 6.92. The molecule has 1 atom stereocenters. The van der Waals surface area contributed by atoms with Crippen molar-refractivity contribution in [3.05, 3.63) is 82.1 Å². The molecule has 4 aromatic rings. The van der Waals surface area contributed by atoms with E-state index in [0.717, 1.165) is 31.0 Å². The lowest BCUT2D eigenvalue weighted by Gasteiger charge is -2.34. The zero-order valence-electron chi connectivity index (χ0n) is 28.1. The maximum absolute atomic E-state index is 15.2. The first kappa shape index (κ1) is 35.2. The van der Waals surface area contributed by atoms with Crippen LogP contribution in [0.1, 0.15) is 45.5 Å². The molecule has 270 valence electrons. The Morgan fingerprint density at radius 1 is 0.942 bits per heavy atom. The van der Waals surface area contributed by atoms with Gasteiger partial charge in [-0.1, -0.05) is 11.6 Å². The van der Waals surface area contributed by atoms with E-state index in [-0.39, 0.29) is 29.0 Å². The molecule has 0 radical (unpaired) electrons. The number of nitrogens with one attached hydrogen (secondary N) is 2. The number of hydrogen-bond donors (Lipinski definition) is 2. The van der Waals surface area contributed by atoms with E-state index < -0.39 is 41.3 Å². The highest BCUT2D eigenvalue weighted by atomic mass is 35.5. The van der Waals surface area contributed by atoms with Crippen LogP contribution in [0.25, 0.3) is 10.9 Å². The average Bonchev–Trinajstić information content (AvgIpc) is 3.37. The van der Waals surface area contributed by atoms with E-state index in [0.29, 0.717) is 65.7 Å². The minimum Gasteiger partial charge on any atom is -0.493 e. The highest BCUT2D eigenvalue weighted by molar-refractivity contribution is 6.31. The second-order valence-electron chi connectivity index (χ2n) is 12.8. The Kier molecular flexibility index (Phi) is 9.99. The molecule has 52 heavy (non-hydrogen) atoms. The molecule has 0 bridgehead atoms. The standard InChI is InChI=1S/C36H34ClF2N7O6/c1-51-29-17-27-22(33(41-19-40-27)42-21-3-4-25(38)24(37)15-21)16-30(29)52-12-2-7-44-8-10-45(11-9-44)18-20-13-23-32(26(39)14-20)36(50)46(35(23)49)28-5-6-31(47)43-34(28)48/h3-4,13-17,19,28H,2,5-12,18H2,1H3,(H,40,41,42)(H,43,47,48). The van der Waals surface area contributed by atoms with E-state index in [1.54, 1.807) is 25.3 Å². The van der Waals surface area contributed by atoms with Gasteiger partial charge in [0, 0.05) is 62.8 Å². The predicted molar refractivity (Wildman–Crippen MR) is 186 cm³/mol. The summed E-state index contributed by atoms with van der Waals surface area (Å²) < 4.78 is 40.6. The van der Waals surface area contributed by atoms with Crippen LogP contribution in [0.3, 0.4) is 0 Å². The second-order valence-corrected chi connectivity index (χ2v) is 13.2. The topological polar surface area (TPSA) is 146 Å². The van der Waals surface area contributed by atoms with Crippen molar-refractivity contribution >= 4 is 57.6 Å². The van der Waals surface area contributed by atoms with Gasteiger partial charge in [0.1, 0.15) is 29.8 Å². The number of nitrogens with zero attached hydrogens (tertiary/aromatic N) is 5. The summed E-state index contributed by atoms with van der Waals surface area (Å²) in [6.07, 6.45) is 2.15. The Labute approximate surface area is 301 Å². The lowest BCUT2D eigenvalue weighted by Crippen LogP contribution is -2.54. The fraction of sp³-hybridized carbons (Fsp3) is 0.333. The summed E-state index contributed by atoms with van der Waals surface area (Å²) in [5.41, 5.74) is 1.34. The first-order chi connectivity index (χ1) is 25.1. The number of amides is 4. The normalized spacial score (nSPS) is 18.2. The summed E-state index contributed by atoms with van der Waals surface area (Å²) in [4.78, 5) is 64.1. The van der Waals surface area contributed by atoms with Crippen molar-refractivity contribution in [1.82, 2.24) is 30.0 Å². The molecular weight excluding hydrogens is 700 g/mol. The summed E-state index contributed by atoms with van der Waals surface area (Å²) in [5, 5.41) is 5.98. The van der Waals surface area contributed by atoms with Crippen LogP contribution in [0.15, 0.2) is 48.8 Å². The number of ether oxygens (including phenoxy) is 2. The van der Waals surface area contributed by atoms with Crippen molar-refractivity contribution in [3.8, 4) is 11.5 Å². The van der Waals surface area contributed by atoms with Gasteiger partial charge in [0.05, 0.1) is 35.4 Å². The fourth-order valence-electron chi connectivity index (χ4n) is 6.74. The van der Waals surface area contributed by atoms with Gasteiger partial charge in [-0.3, -0.25) is 34.3 Å². The molecule has 0 spiro atoms. The van der Waals surface area contributed by atoms with Crippen LogP contribution in [0.4, 0.5) is 20.3 Å². The smallest absolute Gasteiger partial charge is 0.265 e. The number of anilines is 2. The number of halogens is 3. The Hall–Kier alpha value is -5.25. The Bertz CT molecular complexity index is 2090. The number of rotatable bonds is 11. The molecule has 3 aliphatic rings. The number of imide groups is 2. The van der Waals surface area contributed by atoms with Gasteiger partial charge in [0.2, 0.25) is 11.8 Å². The van der Waals surface area contributed by atoms with E-state index in [1.807, 2.05) is 0 Å². The predicted octanol–water partition coefficient (Wildman–Crippen LogP) is 4.30. The van der Waals surface area contributed by atoms with E-state index in [9.17, 15) is 23.6 Å². The number of benzene rings is 3. The summed E-state index contributed by atoms with van der Waals surface area (Å²) in [7, 11) is 1.55.